The lowest BCUT2D eigenvalue weighted by atomic mass is 9.89. The molecule has 0 unspecified atom stereocenters. The van der Waals surface area contributed by atoms with Crippen molar-refractivity contribution in [2.45, 2.75) is 6.42 Å². The average Bonchev–Trinajstić information content (AvgIpc) is 3.99. The Balaban J connectivity index is 1.22. The smallest absolute Gasteiger partial charge is 0.0787 e. The number of aliphatic hydroxyl groups excluding tert-OH is 1. The SMILES string of the molecule is OCCc1c(-c2cnc(-c3cccc4[nH]c(-c5ccc6ccccc6c5)c(-c5cccc6ccccc56)c34)c(-c3ccc4cc[nH]c4c3)c2)[nH]c2ccccc12. The lowest BCUT2D eigenvalue weighted by Crippen LogP contribution is -1.96. The van der Waals surface area contributed by atoms with E-state index in [1.165, 1.54) is 27.1 Å². The van der Waals surface area contributed by atoms with E-state index in [2.05, 4.69) is 167 Å². The molecule has 0 fully saturated rings. The van der Waals surface area contributed by atoms with E-state index in [0.29, 0.717) is 6.42 Å². The van der Waals surface area contributed by atoms with Crippen molar-refractivity contribution in [1.29, 1.82) is 0 Å². The molecule has 266 valence electrons. The number of nitrogens with one attached hydrogen (secondary N) is 3. The number of hydrogen-bond acceptors (Lipinski definition) is 2. The summed E-state index contributed by atoms with van der Waals surface area (Å²) in [5.41, 5.74) is 14.8. The van der Waals surface area contributed by atoms with Crippen LogP contribution in [0.4, 0.5) is 0 Å². The van der Waals surface area contributed by atoms with Crippen molar-refractivity contribution in [2.75, 3.05) is 6.61 Å². The van der Waals surface area contributed by atoms with Gasteiger partial charge in [0.25, 0.3) is 0 Å². The summed E-state index contributed by atoms with van der Waals surface area (Å²) in [7, 11) is 0. The van der Waals surface area contributed by atoms with Gasteiger partial charge < -0.3 is 20.1 Å². The summed E-state index contributed by atoms with van der Waals surface area (Å²) in [5, 5.41) is 18.4. The Labute approximate surface area is 322 Å². The largest absolute Gasteiger partial charge is 0.396 e. The van der Waals surface area contributed by atoms with Crippen LogP contribution < -0.4 is 0 Å². The average molecular weight is 721 g/mol. The number of pyridine rings is 1. The molecule has 0 aliphatic rings. The molecule has 5 nitrogen and oxygen atoms in total. The van der Waals surface area contributed by atoms with Crippen LogP contribution in [-0.4, -0.2) is 31.6 Å². The van der Waals surface area contributed by atoms with Crippen LogP contribution in [0.15, 0.2) is 170 Å². The number of rotatable bonds is 7. The molecule has 0 saturated carbocycles. The first-order valence-electron chi connectivity index (χ1n) is 19.1. The number of aromatic nitrogens is 4. The number of nitrogens with zero attached hydrogens (tertiary/aromatic N) is 1. The van der Waals surface area contributed by atoms with Gasteiger partial charge in [-0.3, -0.25) is 4.98 Å². The lowest BCUT2D eigenvalue weighted by Gasteiger charge is -2.15. The number of para-hydroxylation sites is 1. The van der Waals surface area contributed by atoms with Crippen molar-refractivity contribution in [1.82, 2.24) is 19.9 Å². The number of aromatic amines is 3. The second kappa shape index (κ2) is 13.0. The van der Waals surface area contributed by atoms with E-state index in [1.54, 1.807) is 0 Å². The summed E-state index contributed by atoms with van der Waals surface area (Å²) < 4.78 is 0. The predicted octanol–water partition coefficient (Wildman–Crippen LogP) is 12.7. The molecule has 0 saturated heterocycles. The minimum Gasteiger partial charge on any atom is -0.396 e. The summed E-state index contributed by atoms with van der Waals surface area (Å²) in [6, 6.07) is 56.4. The highest BCUT2D eigenvalue weighted by Crippen LogP contribution is 2.47. The minimum absolute atomic E-state index is 0.0582. The third-order valence-corrected chi connectivity index (χ3v) is 11.4. The van der Waals surface area contributed by atoms with E-state index in [-0.39, 0.29) is 6.61 Å². The van der Waals surface area contributed by atoms with Gasteiger partial charge in [0.05, 0.1) is 17.1 Å². The van der Waals surface area contributed by atoms with Gasteiger partial charge >= 0.3 is 0 Å². The molecule has 7 aromatic carbocycles. The molecule has 0 aliphatic carbocycles. The van der Waals surface area contributed by atoms with Crippen LogP contribution in [0.5, 0.6) is 0 Å². The van der Waals surface area contributed by atoms with Crippen molar-refractivity contribution < 1.29 is 5.11 Å². The van der Waals surface area contributed by atoms with Crippen molar-refractivity contribution >= 4 is 54.3 Å². The molecular formula is C51H36N4O. The number of H-pyrrole nitrogens is 3. The summed E-state index contributed by atoms with van der Waals surface area (Å²) in [6.07, 6.45) is 4.52. The van der Waals surface area contributed by atoms with Crippen molar-refractivity contribution in [3.63, 3.8) is 0 Å². The van der Waals surface area contributed by atoms with Gasteiger partial charge in [-0.1, -0.05) is 121 Å². The highest BCUT2D eigenvalue weighted by Gasteiger charge is 2.24. The molecule has 5 heteroatoms. The highest BCUT2D eigenvalue weighted by molar-refractivity contribution is 6.16. The minimum atomic E-state index is 0.0582. The van der Waals surface area contributed by atoms with E-state index >= 15 is 0 Å². The molecule has 4 N–H and O–H groups in total. The molecule has 11 aromatic rings. The van der Waals surface area contributed by atoms with Crippen LogP contribution in [0.3, 0.4) is 0 Å². The topological polar surface area (TPSA) is 80.5 Å². The molecule has 56 heavy (non-hydrogen) atoms. The summed E-state index contributed by atoms with van der Waals surface area (Å²) in [4.78, 5) is 16.4. The Morgan fingerprint density at radius 3 is 2.11 bits per heavy atom. The fourth-order valence-electron chi connectivity index (χ4n) is 8.79. The second-order valence-corrected chi connectivity index (χ2v) is 14.6. The Bertz CT molecular complexity index is 3280. The fraction of sp³-hybridized carbons (Fsp3) is 0.0392. The Kier molecular flexibility index (Phi) is 7.47. The monoisotopic (exact) mass is 720 g/mol. The van der Waals surface area contributed by atoms with E-state index in [4.69, 9.17) is 4.98 Å². The number of aliphatic hydroxyl groups is 1. The van der Waals surface area contributed by atoms with Gasteiger partial charge in [-0.05, 0) is 92.0 Å². The Morgan fingerprint density at radius 1 is 0.482 bits per heavy atom. The summed E-state index contributed by atoms with van der Waals surface area (Å²) >= 11 is 0. The maximum atomic E-state index is 10.2. The van der Waals surface area contributed by atoms with Gasteiger partial charge in [0, 0.05) is 68.6 Å². The fourth-order valence-corrected chi connectivity index (χ4v) is 8.79. The van der Waals surface area contributed by atoms with Crippen molar-refractivity contribution in [2.24, 2.45) is 0 Å². The molecule has 0 aliphatic heterocycles. The van der Waals surface area contributed by atoms with Gasteiger partial charge in [-0.25, -0.2) is 0 Å². The third-order valence-electron chi connectivity index (χ3n) is 11.4. The van der Waals surface area contributed by atoms with E-state index < -0.39 is 0 Å². The van der Waals surface area contributed by atoms with Gasteiger partial charge in [0.15, 0.2) is 0 Å². The standard InChI is InChI=1S/C51H36N4O/c56-26-24-41-39-14-5-6-17-44(39)54-49(41)37-28-43(35-21-20-33-23-25-52-46(33)29-35)51(53-30-37)42-16-8-18-45-47(42)48(40-15-7-12-32-10-3-4-13-38(32)40)50(55-45)36-22-19-31-9-1-2-11-34(31)27-36/h1-23,25,27-30,52,54-56H,24,26H2. The number of benzene rings is 7. The molecule has 11 rings (SSSR count). The van der Waals surface area contributed by atoms with Crippen LogP contribution in [0.1, 0.15) is 5.56 Å². The first kappa shape index (κ1) is 32.2. The van der Waals surface area contributed by atoms with Crippen LogP contribution >= 0.6 is 0 Å². The summed E-state index contributed by atoms with van der Waals surface area (Å²) in [5.74, 6) is 0. The first-order chi connectivity index (χ1) is 27.7. The number of hydrogen-bond donors (Lipinski definition) is 4. The van der Waals surface area contributed by atoms with Crippen LogP contribution in [0.25, 0.3) is 110 Å². The normalized spacial score (nSPS) is 11.8. The zero-order valence-corrected chi connectivity index (χ0v) is 30.5. The maximum absolute atomic E-state index is 10.2. The molecule has 0 spiro atoms. The third kappa shape index (κ3) is 5.17. The second-order valence-electron chi connectivity index (χ2n) is 14.6. The summed E-state index contributed by atoms with van der Waals surface area (Å²) in [6.45, 7) is 0.0582. The van der Waals surface area contributed by atoms with E-state index in [9.17, 15) is 5.11 Å². The van der Waals surface area contributed by atoms with Crippen LogP contribution in [-0.2, 0) is 6.42 Å². The van der Waals surface area contributed by atoms with Crippen LogP contribution in [0.2, 0.25) is 0 Å². The highest BCUT2D eigenvalue weighted by atomic mass is 16.3. The molecule has 0 amide bonds. The zero-order chi connectivity index (χ0) is 37.2. The van der Waals surface area contributed by atoms with Gasteiger partial charge in [-0.15, -0.1) is 0 Å². The molecule has 0 radical (unpaired) electrons. The maximum Gasteiger partial charge on any atom is 0.0787 e. The molecule has 4 aromatic heterocycles. The van der Waals surface area contributed by atoms with E-state index in [1.807, 2.05) is 18.5 Å². The lowest BCUT2D eigenvalue weighted by molar-refractivity contribution is 0.300. The quantitative estimate of drug-likeness (QED) is 0.132. The van der Waals surface area contributed by atoms with E-state index in [0.717, 1.165) is 88.7 Å². The Hall–Kier alpha value is -7.21. The predicted molar refractivity (Wildman–Crippen MR) is 233 cm³/mol. The van der Waals surface area contributed by atoms with Crippen molar-refractivity contribution in [3.8, 4) is 56.0 Å². The van der Waals surface area contributed by atoms with Crippen molar-refractivity contribution in [3.05, 3.63) is 176 Å². The number of fused-ring (bicyclic) bond motifs is 5. The van der Waals surface area contributed by atoms with Crippen LogP contribution in [0, 0.1) is 0 Å². The van der Waals surface area contributed by atoms with Gasteiger partial charge in [-0.2, -0.15) is 0 Å². The van der Waals surface area contributed by atoms with Gasteiger partial charge in [0.2, 0.25) is 0 Å². The van der Waals surface area contributed by atoms with Gasteiger partial charge in [0.1, 0.15) is 0 Å². The Morgan fingerprint density at radius 2 is 1.20 bits per heavy atom. The molecule has 0 atom stereocenters. The molecular weight excluding hydrogens is 685 g/mol. The first-order valence-corrected chi connectivity index (χ1v) is 19.1. The molecule has 4 heterocycles. The zero-order valence-electron chi connectivity index (χ0n) is 30.5. The molecule has 0 bridgehead atoms.